The molecule has 0 aromatic rings. The second kappa shape index (κ2) is 3.99. The lowest BCUT2D eigenvalue weighted by Crippen LogP contribution is -2.48. The van der Waals surface area contributed by atoms with Crippen molar-refractivity contribution in [3.05, 3.63) is 0 Å². The molecule has 3 nitrogen and oxygen atoms in total. The van der Waals surface area contributed by atoms with Gasteiger partial charge in [0, 0.05) is 12.6 Å². The van der Waals surface area contributed by atoms with Crippen molar-refractivity contribution in [3.63, 3.8) is 0 Å². The lowest BCUT2D eigenvalue weighted by atomic mass is 9.91. The number of carbonyl (C=O) groups is 1. The Kier molecular flexibility index (Phi) is 2.95. The molecule has 0 radical (unpaired) electrons. The van der Waals surface area contributed by atoms with Crippen LogP contribution in [0.5, 0.6) is 0 Å². The van der Waals surface area contributed by atoms with Crippen LogP contribution in [0.2, 0.25) is 0 Å². The number of hydrogen-bond acceptors (Lipinski definition) is 2. The second-order valence-corrected chi connectivity index (χ2v) is 6.06. The molecule has 2 rings (SSSR count). The van der Waals surface area contributed by atoms with Crippen LogP contribution in [0.25, 0.3) is 0 Å². The normalized spacial score (nSPS) is 20.6. The van der Waals surface area contributed by atoms with Gasteiger partial charge in [-0.15, -0.1) is 0 Å². The van der Waals surface area contributed by atoms with Gasteiger partial charge in [0.1, 0.15) is 0 Å². The highest BCUT2D eigenvalue weighted by Crippen LogP contribution is 2.37. The summed E-state index contributed by atoms with van der Waals surface area (Å²) < 4.78 is 0. The molecule has 2 saturated carbocycles. The van der Waals surface area contributed by atoms with E-state index < -0.39 is 5.41 Å². The summed E-state index contributed by atoms with van der Waals surface area (Å²) in [6.45, 7) is 4.58. The molecule has 16 heavy (non-hydrogen) atoms. The van der Waals surface area contributed by atoms with Crippen molar-refractivity contribution in [2.75, 3.05) is 6.54 Å². The van der Waals surface area contributed by atoms with E-state index in [2.05, 4.69) is 0 Å². The van der Waals surface area contributed by atoms with Crippen LogP contribution in [0.15, 0.2) is 0 Å². The highest BCUT2D eigenvalue weighted by Gasteiger charge is 2.43. The third-order valence-corrected chi connectivity index (χ3v) is 4.06. The van der Waals surface area contributed by atoms with E-state index in [1.165, 1.54) is 12.8 Å². The van der Waals surface area contributed by atoms with Crippen LogP contribution in [0.1, 0.15) is 39.5 Å². The van der Waals surface area contributed by atoms with E-state index in [1.54, 1.807) is 0 Å². The van der Waals surface area contributed by atoms with Gasteiger partial charge in [0.25, 0.3) is 0 Å². The minimum absolute atomic E-state index is 0.120. The Hall–Kier alpha value is -0.640. The minimum atomic E-state index is -0.688. The van der Waals surface area contributed by atoms with Gasteiger partial charge in [-0.2, -0.15) is 0 Å². The van der Waals surface area contributed by atoms with E-state index in [9.17, 15) is 4.79 Å². The lowest BCUT2D eigenvalue weighted by Gasteiger charge is -2.31. The summed E-state index contributed by atoms with van der Waals surface area (Å²) in [7, 11) is 0. The lowest BCUT2D eigenvalue weighted by molar-refractivity contribution is -0.137. The SMILES string of the molecule is CC(C)(C(=O)N(CC1CC1)C1CC1)C(N)=S. The Morgan fingerprint density at radius 1 is 1.38 bits per heavy atom. The number of thiocarbonyl (C=S) groups is 1. The Labute approximate surface area is 102 Å². The number of amides is 1. The first-order valence-electron chi connectivity index (χ1n) is 6.04. The molecule has 90 valence electrons. The Morgan fingerprint density at radius 2 is 1.94 bits per heavy atom. The number of nitrogens with two attached hydrogens (primary N) is 1. The van der Waals surface area contributed by atoms with Crippen molar-refractivity contribution in [2.24, 2.45) is 17.1 Å². The summed E-state index contributed by atoms with van der Waals surface area (Å²) in [5.41, 5.74) is 4.97. The van der Waals surface area contributed by atoms with Crippen molar-refractivity contribution >= 4 is 23.1 Å². The van der Waals surface area contributed by atoms with E-state index in [4.69, 9.17) is 18.0 Å². The van der Waals surface area contributed by atoms with Crippen LogP contribution in [0.4, 0.5) is 0 Å². The van der Waals surface area contributed by atoms with Crippen LogP contribution >= 0.6 is 12.2 Å². The van der Waals surface area contributed by atoms with E-state index in [-0.39, 0.29) is 5.91 Å². The van der Waals surface area contributed by atoms with Crippen LogP contribution in [0.3, 0.4) is 0 Å². The molecule has 0 spiro atoms. The highest BCUT2D eigenvalue weighted by atomic mass is 32.1. The van der Waals surface area contributed by atoms with Crippen LogP contribution < -0.4 is 5.73 Å². The van der Waals surface area contributed by atoms with E-state index in [1.807, 2.05) is 18.7 Å². The van der Waals surface area contributed by atoms with Crippen molar-refractivity contribution in [3.8, 4) is 0 Å². The summed E-state index contributed by atoms with van der Waals surface area (Å²) in [6, 6.07) is 0.460. The molecule has 2 aliphatic carbocycles. The molecule has 2 aliphatic rings. The fraction of sp³-hybridized carbons (Fsp3) is 0.833. The van der Waals surface area contributed by atoms with Crippen LogP contribution in [-0.4, -0.2) is 28.4 Å². The molecular formula is C12H20N2OS. The first-order chi connectivity index (χ1) is 7.43. The molecule has 4 heteroatoms. The quantitative estimate of drug-likeness (QED) is 0.744. The molecule has 2 fully saturated rings. The summed E-state index contributed by atoms with van der Waals surface area (Å²) in [4.78, 5) is 14.7. The maximum absolute atomic E-state index is 12.4. The van der Waals surface area contributed by atoms with Gasteiger partial charge in [-0.1, -0.05) is 12.2 Å². The number of rotatable bonds is 5. The zero-order valence-electron chi connectivity index (χ0n) is 10.0. The molecule has 2 N–H and O–H groups in total. The molecule has 0 aromatic heterocycles. The standard InChI is InChI=1S/C12H20N2OS/c1-12(2,10(13)16)11(15)14(9-5-6-9)7-8-3-4-8/h8-9H,3-7H2,1-2H3,(H2,13,16). The minimum Gasteiger partial charge on any atom is -0.392 e. The van der Waals surface area contributed by atoms with Gasteiger partial charge in [0.05, 0.1) is 10.4 Å². The van der Waals surface area contributed by atoms with Gasteiger partial charge in [-0.25, -0.2) is 0 Å². The first kappa shape index (κ1) is 11.8. The van der Waals surface area contributed by atoms with Gasteiger partial charge in [0.2, 0.25) is 5.91 Å². The average molecular weight is 240 g/mol. The molecule has 0 unspecified atom stereocenters. The molecule has 0 saturated heterocycles. The van der Waals surface area contributed by atoms with Crippen molar-refractivity contribution in [1.29, 1.82) is 0 Å². The highest BCUT2D eigenvalue weighted by molar-refractivity contribution is 7.80. The number of nitrogens with zero attached hydrogens (tertiary/aromatic N) is 1. The van der Waals surface area contributed by atoms with Crippen molar-refractivity contribution in [2.45, 2.75) is 45.6 Å². The van der Waals surface area contributed by atoms with Crippen LogP contribution in [0, 0.1) is 11.3 Å². The Bertz CT molecular complexity index is 319. The third kappa shape index (κ3) is 2.37. The predicted molar refractivity (Wildman–Crippen MR) is 68.0 cm³/mol. The average Bonchev–Trinajstić information content (AvgIpc) is 3.04. The zero-order chi connectivity index (χ0) is 11.9. The fourth-order valence-electron chi connectivity index (χ4n) is 1.83. The first-order valence-corrected chi connectivity index (χ1v) is 6.44. The van der Waals surface area contributed by atoms with E-state index >= 15 is 0 Å². The van der Waals surface area contributed by atoms with Crippen molar-refractivity contribution in [1.82, 2.24) is 4.90 Å². The number of hydrogen-bond donors (Lipinski definition) is 1. The van der Waals surface area contributed by atoms with Gasteiger partial charge in [-0.3, -0.25) is 4.79 Å². The molecule has 0 aromatic carbocycles. The molecule has 0 atom stereocenters. The maximum Gasteiger partial charge on any atom is 0.235 e. The summed E-state index contributed by atoms with van der Waals surface area (Å²) in [5.74, 6) is 0.848. The van der Waals surface area contributed by atoms with Gasteiger partial charge in [-0.05, 0) is 45.4 Å². The van der Waals surface area contributed by atoms with E-state index in [0.29, 0.717) is 11.0 Å². The monoisotopic (exact) mass is 240 g/mol. The predicted octanol–water partition coefficient (Wildman–Crippen LogP) is 1.70. The molecule has 0 heterocycles. The topological polar surface area (TPSA) is 46.3 Å². The number of carbonyl (C=O) groups excluding carboxylic acids is 1. The van der Waals surface area contributed by atoms with Gasteiger partial charge in [0.15, 0.2) is 0 Å². The van der Waals surface area contributed by atoms with Crippen LogP contribution in [-0.2, 0) is 4.79 Å². The summed E-state index contributed by atoms with van der Waals surface area (Å²) >= 11 is 4.99. The molecule has 0 aliphatic heterocycles. The zero-order valence-corrected chi connectivity index (χ0v) is 10.8. The second-order valence-electron chi connectivity index (χ2n) is 5.62. The Morgan fingerprint density at radius 3 is 2.31 bits per heavy atom. The summed E-state index contributed by atoms with van der Waals surface area (Å²) in [5, 5.41) is 0. The van der Waals surface area contributed by atoms with Crippen molar-refractivity contribution < 1.29 is 4.79 Å². The fourth-order valence-corrected chi connectivity index (χ4v) is 1.91. The van der Waals surface area contributed by atoms with Gasteiger partial charge >= 0.3 is 0 Å². The van der Waals surface area contributed by atoms with E-state index in [0.717, 1.165) is 25.3 Å². The molecule has 0 bridgehead atoms. The third-order valence-electron chi connectivity index (χ3n) is 3.55. The molecule has 1 amide bonds. The van der Waals surface area contributed by atoms with Gasteiger partial charge < -0.3 is 10.6 Å². The molecular weight excluding hydrogens is 220 g/mol. The largest absolute Gasteiger partial charge is 0.392 e. The Balaban J connectivity index is 2.06. The maximum atomic E-state index is 12.4. The summed E-state index contributed by atoms with van der Waals surface area (Å²) in [6.07, 6.45) is 4.83. The smallest absolute Gasteiger partial charge is 0.235 e.